The van der Waals surface area contributed by atoms with Crippen molar-refractivity contribution in [2.45, 2.75) is 13.0 Å². The van der Waals surface area contributed by atoms with Crippen molar-refractivity contribution in [2.75, 3.05) is 23.8 Å². The third-order valence-electron chi connectivity index (χ3n) is 3.58. The molecule has 3 rings (SSSR count). The maximum absolute atomic E-state index is 12.6. The quantitative estimate of drug-likeness (QED) is 0.848. The molecule has 1 aromatic heterocycles. The van der Waals surface area contributed by atoms with Crippen LogP contribution in [0.15, 0.2) is 18.2 Å². The van der Waals surface area contributed by atoms with Crippen LogP contribution in [0.4, 0.5) is 5.13 Å². The average molecular weight is 325 g/mol. The van der Waals surface area contributed by atoms with Crippen LogP contribution in [0.5, 0.6) is 0 Å². The van der Waals surface area contributed by atoms with E-state index in [1.54, 1.807) is 30.0 Å². The third-order valence-corrected chi connectivity index (χ3v) is 6.23. The first-order chi connectivity index (χ1) is 9.85. The van der Waals surface area contributed by atoms with E-state index in [1.165, 1.54) is 11.3 Å². The number of fused-ring (bicyclic) bond motifs is 1. The molecule has 0 spiro atoms. The maximum atomic E-state index is 12.6. The summed E-state index contributed by atoms with van der Waals surface area (Å²) in [6.07, 6.45) is 0. The van der Waals surface area contributed by atoms with E-state index in [9.17, 15) is 13.2 Å². The number of thiazole rings is 1. The molecule has 1 atom stereocenters. The molecule has 2 heterocycles. The van der Waals surface area contributed by atoms with E-state index in [-0.39, 0.29) is 30.0 Å². The molecule has 21 heavy (non-hydrogen) atoms. The molecular formula is C13H15N3O3S2. The van der Waals surface area contributed by atoms with Crippen molar-refractivity contribution in [1.82, 2.24) is 9.88 Å². The van der Waals surface area contributed by atoms with Crippen LogP contribution < -0.4 is 5.73 Å². The molecule has 1 fully saturated rings. The monoisotopic (exact) mass is 325 g/mol. The highest BCUT2D eigenvalue weighted by Gasteiger charge is 2.31. The summed E-state index contributed by atoms with van der Waals surface area (Å²) in [5.74, 6) is -0.0980. The molecule has 6 nitrogen and oxygen atoms in total. The van der Waals surface area contributed by atoms with E-state index in [4.69, 9.17) is 5.73 Å². The Morgan fingerprint density at radius 3 is 2.95 bits per heavy atom. The minimum absolute atomic E-state index is 0.0223. The van der Waals surface area contributed by atoms with Gasteiger partial charge in [0, 0.05) is 18.2 Å². The van der Waals surface area contributed by atoms with Crippen LogP contribution in [-0.4, -0.2) is 48.3 Å². The lowest BCUT2D eigenvalue weighted by Gasteiger charge is -2.33. The maximum Gasteiger partial charge on any atom is 0.254 e. The Labute approximate surface area is 126 Å². The number of aromatic nitrogens is 1. The largest absolute Gasteiger partial charge is 0.375 e. The third kappa shape index (κ3) is 2.73. The molecule has 2 N–H and O–H groups in total. The first-order valence-electron chi connectivity index (χ1n) is 6.53. The zero-order chi connectivity index (χ0) is 15.2. The smallest absolute Gasteiger partial charge is 0.254 e. The summed E-state index contributed by atoms with van der Waals surface area (Å²) in [6, 6.07) is 4.93. The highest BCUT2D eigenvalue weighted by molar-refractivity contribution is 7.91. The molecule has 1 saturated heterocycles. The number of benzene rings is 1. The van der Waals surface area contributed by atoms with E-state index in [0.717, 1.165) is 10.2 Å². The lowest BCUT2D eigenvalue weighted by atomic mass is 10.1. The van der Waals surface area contributed by atoms with Crippen LogP contribution in [0, 0.1) is 0 Å². The highest BCUT2D eigenvalue weighted by Crippen LogP contribution is 2.25. The van der Waals surface area contributed by atoms with Crippen LogP contribution in [-0.2, 0) is 9.84 Å². The Morgan fingerprint density at radius 1 is 1.48 bits per heavy atom. The van der Waals surface area contributed by atoms with Gasteiger partial charge in [-0.3, -0.25) is 4.79 Å². The van der Waals surface area contributed by atoms with Crippen molar-refractivity contribution in [3.05, 3.63) is 23.8 Å². The molecule has 2 aromatic rings. The van der Waals surface area contributed by atoms with Gasteiger partial charge in [-0.05, 0) is 25.1 Å². The molecule has 112 valence electrons. The molecule has 8 heteroatoms. The summed E-state index contributed by atoms with van der Waals surface area (Å²) in [4.78, 5) is 18.3. The van der Waals surface area contributed by atoms with Crippen LogP contribution in [0.2, 0.25) is 0 Å². The summed E-state index contributed by atoms with van der Waals surface area (Å²) in [7, 11) is -3.03. The molecule has 1 amide bonds. The first-order valence-corrected chi connectivity index (χ1v) is 9.17. The molecule has 1 unspecified atom stereocenters. The van der Waals surface area contributed by atoms with Gasteiger partial charge in [0.2, 0.25) is 0 Å². The van der Waals surface area contributed by atoms with E-state index >= 15 is 0 Å². The molecular weight excluding hydrogens is 310 g/mol. The van der Waals surface area contributed by atoms with Gasteiger partial charge in [0.25, 0.3) is 5.91 Å². The van der Waals surface area contributed by atoms with Gasteiger partial charge in [0.15, 0.2) is 15.0 Å². The fourth-order valence-electron chi connectivity index (χ4n) is 2.54. The Kier molecular flexibility index (Phi) is 3.37. The summed E-state index contributed by atoms with van der Waals surface area (Å²) < 4.78 is 24.0. The number of hydrogen-bond acceptors (Lipinski definition) is 6. The molecule has 1 aromatic carbocycles. The van der Waals surface area contributed by atoms with Crippen molar-refractivity contribution in [3.8, 4) is 0 Å². The molecule has 0 saturated carbocycles. The van der Waals surface area contributed by atoms with Crippen LogP contribution in [0.3, 0.4) is 0 Å². The zero-order valence-electron chi connectivity index (χ0n) is 11.4. The van der Waals surface area contributed by atoms with Crippen molar-refractivity contribution in [1.29, 1.82) is 0 Å². The summed E-state index contributed by atoms with van der Waals surface area (Å²) in [5.41, 5.74) is 6.96. The van der Waals surface area contributed by atoms with Gasteiger partial charge in [-0.2, -0.15) is 0 Å². The summed E-state index contributed by atoms with van der Waals surface area (Å²) in [5, 5.41) is 0.465. The predicted octanol–water partition coefficient (Wildman–Crippen LogP) is 1.14. The number of hydrogen-bond donors (Lipinski definition) is 1. The SMILES string of the molecule is CC1CS(=O)(=O)CCN1C(=O)c1ccc2nc(N)sc2c1. The Hall–Kier alpha value is -1.67. The van der Waals surface area contributed by atoms with E-state index < -0.39 is 9.84 Å². The van der Waals surface area contributed by atoms with Crippen LogP contribution >= 0.6 is 11.3 Å². The minimum atomic E-state index is -3.03. The number of amides is 1. The van der Waals surface area contributed by atoms with Crippen molar-refractivity contribution >= 4 is 42.4 Å². The normalized spacial score (nSPS) is 21.6. The number of nitrogens with two attached hydrogens (primary N) is 1. The molecule has 0 radical (unpaired) electrons. The number of carbonyl (C=O) groups excluding carboxylic acids is 1. The fourth-order valence-corrected chi connectivity index (χ4v) is 4.87. The molecule has 0 aliphatic carbocycles. The van der Waals surface area contributed by atoms with Gasteiger partial charge in [-0.1, -0.05) is 11.3 Å². The number of nitrogen functional groups attached to an aromatic ring is 1. The topological polar surface area (TPSA) is 93.4 Å². The van der Waals surface area contributed by atoms with Gasteiger partial charge in [-0.25, -0.2) is 13.4 Å². The number of rotatable bonds is 1. The van der Waals surface area contributed by atoms with Gasteiger partial charge >= 0.3 is 0 Å². The van der Waals surface area contributed by atoms with Gasteiger partial charge in [0.05, 0.1) is 21.7 Å². The number of carbonyl (C=O) groups is 1. The standard InChI is InChI=1S/C13H15N3O3S2/c1-8-7-21(18,19)5-4-16(8)12(17)9-2-3-10-11(6-9)20-13(14)15-10/h2-3,6,8H,4-5,7H2,1H3,(H2,14,15). The second-order valence-electron chi connectivity index (χ2n) is 5.20. The second-order valence-corrected chi connectivity index (χ2v) is 8.49. The predicted molar refractivity (Wildman–Crippen MR) is 83.2 cm³/mol. The summed E-state index contributed by atoms with van der Waals surface area (Å²) >= 11 is 1.33. The van der Waals surface area contributed by atoms with Crippen molar-refractivity contribution in [2.24, 2.45) is 0 Å². The van der Waals surface area contributed by atoms with Gasteiger partial charge < -0.3 is 10.6 Å². The summed E-state index contributed by atoms with van der Waals surface area (Å²) in [6.45, 7) is 2.00. The van der Waals surface area contributed by atoms with Crippen molar-refractivity contribution in [3.63, 3.8) is 0 Å². The van der Waals surface area contributed by atoms with Gasteiger partial charge in [-0.15, -0.1) is 0 Å². The fraction of sp³-hybridized carbons (Fsp3) is 0.385. The highest BCUT2D eigenvalue weighted by atomic mass is 32.2. The van der Waals surface area contributed by atoms with E-state index in [2.05, 4.69) is 4.98 Å². The number of nitrogens with zero attached hydrogens (tertiary/aromatic N) is 2. The van der Waals surface area contributed by atoms with Crippen LogP contribution in [0.1, 0.15) is 17.3 Å². The Balaban J connectivity index is 1.89. The molecule has 1 aliphatic rings. The van der Waals surface area contributed by atoms with Gasteiger partial charge in [0.1, 0.15) is 0 Å². The van der Waals surface area contributed by atoms with E-state index in [1.807, 2.05) is 0 Å². The van der Waals surface area contributed by atoms with E-state index in [0.29, 0.717) is 10.7 Å². The first kappa shape index (κ1) is 14.3. The minimum Gasteiger partial charge on any atom is -0.375 e. The zero-order valence-corrected chi connectivity index (χ0v) is 13.1. The lowest BCUT2D eigenvalue weighted by Crippen LogP contribution is -2.49. The number of anilines is 1. The molecule has 1 aliphatic heterocycles. The number of sulfone groups is 1. The van der Waals surface area contributed by atoms with Crippen LogP contribution in [0.25, 0.3) is 10.2 Å². The second kappa shape index (κ2) is 4.96. The lowest BCUT2D eigenvalue weighted by molar-refractivity contribution is 0.0713. The average Bonchev–Trinajstić information content (AvgIpc) is 2.76. The molecule has 0 bridgehead atoms. The Bertz CT molecular complexity index is 813. The Morgan fingerprint density at radius 2 is 2.24 bits per heavy atom. The van der Waals surface area contributed by atoms with Crippen molar-refractivity contribution < 1.29 is 13.2 Å².